The fourth-order valence-corrected chi connectivity index (χ4v) is 4.81. The molecule has 0 unspecified atom stereocenters. The lowest BCUT2D eigenvalue weighted by molar-refractivity contribution is 0.771. The first-order valence-corrected chi connectivity index (χ1v) is 11.2. The van der Waals surface area contributed by atoms with Crippen LogP contribution in [0.2, 0.25) is 0 Å². The summed E-state index contributed by atoms with van der Waals surface area (Å²) in [5.41, 5.74) is 5.26. The third-order valence-corrected chi connectivity index (χ3v) is 6.38. The Kier molecular flexibility index (Phi) is 3.93. The van der Waals surface area contributed by atoms with E-state index >= 15 is 0 Å². The molecule has 0 bridgehead atoms. The summed E-state index contributed by atoms with van der Waals surface area (Å²) >= 11 is 0. The van der Waals surface area contributed by atoms with Crippen LogP contribution in [-0.2, 0) is 0 Å². The van der Waals surface area contributed by atoms with Gasteiger partial charge < -0.3 is 4.57 Å². The Labute approximate surface area is 194 Å². The molecule has 0 fully saturated rings. The summed E-state index contributed by atoms with van der Waals surface area (Å²) in [5, 5.41) is 13.2. The summed E-state index contributed by atoms with van der Waals surface area (Å²) in [7, 11) is 0. The van der Waals surface area contributed by atoms with Gasteiger partial charge in [0.1, 0.15) is 11.0 Å². The molecule has 7 aromatic rings. The standard InChI is InChI=1S/C29H18N4O/c34-29-22-11-3-5-13-26(22)32(27-14-6-4-12-23(27)29)20-16-17-24-25(18-20)31-33(30-24)28-15-7-9-19-8-1-2-10-21(19)28/h1-18H. The van der Waals surface area contributed by atoms with E-state index in [2.05, 4.69) is 22.8 Å². The average Bonchev–Trinajstić information content (AvgIpc) is 3.32. The molecule has 0 aliphatic carbocycles. The highest BCUT2D eigenvalue weighted by Crippen LogP contribution is 2.27. The fourth-order valence-electron chi connectivity index (χ4n) is 4.81. The molecule has 0 radical (unpaired) electrons. The Bertz CT molecular complexity index is 1880. The molecule has 2 aromatic heterocycles. The van der Waals surface area contributed by atoms with Crippen LogP contribution in [-0.4, -0.2) is 19.6 Å². The van der Waals surface area contributed by atoms with Gasteiger partial charge >= 0.3 is 0 Å². The first kappa shape index (κ1) is 18.8. The molecule has 0 spiro atoms. The molecular formula is C29H18N4O. The number of para-hydroxylation sites is 2. The highest BCUT2D eigenvalue weighted by atomic mass is 16.1. The number of hydrogen-bond acceptors (Lipinski definition) is 3. The number of nitrogens with zero attached hydrogens (tertiary/aromatic N) is 4. The topological polar surface area (TPSA) is 52.7 Å². The van der Waals surface area contributed by atoms with Gasteiger partial charge in [-0.05, 0) is 53.9 Å². The molecule has 5 nitrogen and oxygen atoms in total. The minimum atomic E-state index is 0.0467. The zero-order valence-electron chi connectivity index (χ0n) is 18.1. The van der Waals surface area contributed by atoms with Crippen LogP contribution in [0.3, 0.4) is 0 Å². The lowest BCUT2D eigenvalue weighted by atomic mass is 10.1. The molecular weight excluding hydrogens is 420 g/mol. The van der Waals surface area contributed by atoms with Crippen molar-refractivity contribution in [3.8, 4) is 11.4 Å². The van der Waals surface area contributed by atoms with E-state index in [9.17, 15) is 4.79 Å². The molecule has 7 rings (SSSR count). The van der Waals surface area contributed by atoms with Gasteiger partial charge in [-0.3, -0.25) is 4.79 Å². The quantitative estimate of drug-likeness (QED) is 0.310. The highest BCUT2D eigenvalue weighted by molar-refractivity contribution is 5.96. The predicted molar refractivity (Wildman–Crippen MR) is 137 cm³/mol. The molecule has 5 aromatic carbocycles. The molecule has 160 valence electrons. The van der Waals surface area contributed by atoms with Gasteiger partial charge in [-0.15, -0.1) is 15.0 Å². The van der Waals surface area contributed by atoms with Gasteiger partial charge in [0, 0.05) is 21.8 Å². The van der Waals surface area contributed by atoms with Crippen molar-refractivity contribution in [2.75, 3.05) is 0 Å². The van der Waals surface area contributed by atoms with E-state index in [4.69, 9.17) is 10.2 Å². The Morgan fingerprint density at radius 1 is 0.559 bits per heavy atom. The van der Waals surface area contributed by atoms with Crippen molar-refractivity contribution < 1.29 is 0 Å². The Morgan fingerprint density at radius 2 is 1.18 bits per heavy atom. The number of aromatic nitrogens is 4. The maximum absolute atomic E-state index is 13.1. The smallest absolute Gasteiger partial charge is 0.197 e. The minimum absolute atomic E-state index is 0.0467. The van der Waals surface area contributed by atoms with Crippen molar-refractivity contribution in [2.45, 2.75) is 0 Å². The molecule has 0 atom stereocenters. The largest absolute Gasteiger partial charge is 0.309 e. The van der Waals surface area contributed by atoms with Crippen molar-refractivity contribution >= 4 is 43.6 Å². The second-order valence-electron chi connectivity index (χ2n) is 8.36. The Balaban J connectivity index is 1.49. The van der Waals surface area contributed by atoms with Crippen molar-refractivity contribution in [2.24, 2.45) is 0 Å². The molecule has 2 heterocycles. The monoisotopic (exact) mass is 438 g/mol. The summed E-state index contributed by atoms with van der Waals surface area (Å²) < 4.78 is 2.13. The van der Waals surface area contributed by atoms with E-state index < -0.39 is 0 Å². The summed E-state index contributed by atoms with van der Waals surface area (Å²) in [4.78, 5) is 14.8. The number of rotatable bonds is 2. The highest BCUT2D eigenvalue weighted by Gasteiger charge is 2.14. The van der Waals surface area contributed by atoms with E-state index in [0.29, 0.717) is 10.8 Å². The fraction of sp³-hybridized carbons (Fsp3) is 0. The molecule has 0 aliphatic heterocycles. The first-order valence-electron chi connectivity index (χ1n) is 11.2. The van der Waals surface area contributed by atoms with Gasteiger partial charge in [0.25, 0.3) is 0 Å². The third-order valence-electron chi connectivity index (χ3n) is 6.38. The molecule has 0 saturated heterocycles. The van der Waals surface area contributed by atoms with Crippen LogP contribution in [0.1, 0.15) is 0 Å². The van der Waals surface area contributed by atoms with Crippen LogP contribution in [0.5, 0.6) is 0 Å². The lowest BCUT2D eigenvalue weighted by Gasteiger charge is -2.15. The van der Waals surface area contributed by atoms with E-state index in [1.165, 1.54) is 0 Å². The van der Waals surface area contributed by atoms with Crippen LogP contribution in [0.25, 0.3) is 55.0 Å². The van der Waals surface area contributed by atoms with E-state index in [0.717, 1.165) is 44.2 Å². The predicted octanol–water partition coefficient (Wildman–Crippen LogP) is 6.03. The second-order valence-corrected chi connectivity index (χ2v) is 8.36. The van der Waals surface area contributed by atoms with Gasteiger partial charge in [0.2, 0.25) is 0 Å². The van der Waals surface area contributed by atoms with Gasteiger partial charge in [-0.1, -0.05) is 60.7 Å². The van der Waals surface area contributed by atoms with Crippen molar-refractivity contribution in [3.63, 3.8) is 0 Å². The maximum atomic E-state index is 13.1. The third kappa shape index (κ3) is 2.70. The molecule has 5 heteroatoms. The number of hydrogen-bond donors (Lipinski definition) is 0. The molecule has 0 N–H and O–H groups in total. The summed E-state index contributed by atoms with van der Waals surface area (Å²) in [6, 6.07) is 35.9. The van der Waals surface area contributed by atoms with E-state index in [1.54, 1.807) is 4.80 Å². The molecule has 0 saturated carbocycles. The normalized spacial score (nSPS) is 11.6. The second kappa shape index (κ2) is 7.12. The minimum Gasteiger partial charge on any atom is -0.309 e. The van der Waals surface area contributed by atoms with Crippen molar-refractivity contribution in [3.05, 3.63) is 119 Å². The number of pyridine rings is 1. The van der Waals surface area contributed by atoms with Gasteiger partial charge in [-0.2, -0.15) is 0 Å². The average molecular weight is 438 g/mol. The zero-order chi connectivity index (χ0) is 22.6. The summed E-state index contributed by atoms with van der Waals surface area (Å²) in [5.74, 6) is 0. The Morgan fingerprint density at radius 3 is 1.94 bits per heavy atom. The summed E-state index contributed by atoms with van der Waals surface area (Å²) in [6.45, 7) is 0. The number of benzene rings is 5. The SMILES string of the molecule is O=c1c2ccccc2n(-c2ccc3nn(-c4cccc5ccccc45)nc3c2)c2ccccc12. The molecule has 34 heavy (non-hydrogen) atoms. The van der Waals surface area contributed by atoms with Crippen LogP contribution in [0.15, 0.2) is 114 Å². The van der Waals surface area contributed by atoms with E-state index in [1.807, 2.05) is 91.0 Å². The summed E-state index contributed by atoms with van der Waals surface area (Å²) in [6.07, 6.45) is 0. The van der Waals surface area contributed by atoms with Crippen molar-refractivity contribution in [1.29, 1.82) is 0 Å². The van der Waals surface area contributed by atoms with Crippen LogP contribution >= 0.6 is 0 Å². The van der Waals surface area contributed by atoms with Crippen LogP contribution in [0.4, 0.5) is 0 Å². The van der Waals surface area contributed by atoms with Gasteiger partial charge in [-0.25, -0.2) is 0 Å². The first-order chi connectivity index (χ1) is 16.8. The maximum Gasteiger partial charge on any atom is 0.197 e. The zero-order valence-corrected chi connectivity index (χ0v) is 18.1. The Hall–Kier alpha value is -4.77. The van der Waals surface area contributed by atoms with Gasteiger partial charge in [0.15, 0.2) is 5.43 Å². The molecule has 0 amide bonds. The van der Waals surface area contributed by atoms with E-state index in [-0.39, 0.29) is 5.43 Å². The van der Waals surface area contributed by atoms with Gasteiger partial charge in [0.05, 0.1) is 16.7 Å². The lowest BCUT2D eigenvalue weighted by Crippen LogP contribution is -2.10. The number of fused-ring (bicyclic) bond motifs is 4. The van der Waals surface area contributed by atoms with Crippen LogP contribution in [0, 0.1) is 0 Å². The van der Waals surface area contributed by atoms with Crippen molar-refractivity contribution in [1.82, 2.24) is 19.6 Å². The van der Waals surface area contributed by atoms with Crippen LogP contribution < -0.4 is 5.43 Å². The molecule has 0 aliphatic rings.